The van der Waals surface area contributed by atoms with Crippen LogP contribution in [-0.4, -0.2) is 6.61 Å². The lowest BCUT2D eigenvalue weighted by Crippen LogP contribution is -2.04. The van der Waals surface area contributed by atoms with Crippen LogP contribution in [0.1, 0.15) is 47.1 Å². The highest BCUT2D eigenvalue weighted by atomic mass is 16.5. The van der Waals surface area contributed by atoms with E-state index in [1.807, 2.05) is 39.8 Å². The number of rotatable bonds is 3. The molecule has 0 amide bonds. The molecular formula is C15H28O. The summed E-state index contributed by atoms with van der Waals surface area (Å²) in [4.78, 5) is 0. The molecule has 16 heavy (non-hydrogen) atoms. The van der Waals surface area contributed by atoms with Crippen LogP contribution in [0.25, 0.3) is 0 Å². The molecule has 0 saturated heterocycles. The quantitative estimate of drug-likeness (QED) is 0.695. The van der Waals surface area contributed by atoms with E-state index in [0.717, 1.165) is 12.4 Å². The summed E-state index contributed by atoms with van der Waals surface area (Å²) in [6.45, 7) is 15.2. The molecule has 0 bridgehead atoms. The molecule has 0 aliphatic rings. The van der Waals surface area contributed by atoms with Gasteiger partial charge in [0.25, 0.3) is 0 Å². The SMILES string of the molecule is CC.CC.Cc1ccc(OCC(C)C)cc1. The lowest BCUT2D eigenvalue weighted by molar-refractivity contribution is 0.271. The number of hydrogen-bond donors (Lipinski definition) is 0. The Morgan fingerprint density at radius 3 is 1.75 bits per heavy atom. The Labute approximate surface area is 102 Å². The highest BCUT2D eigenvalue weighted by molar-refractivity contribution is 5.26. The van der Waals surface area contributed by atoms with Crippen molar-refractivity contribution in [3.63, 3.8) is 0 Å². The molecule has 0 aliphatic carbocycles. The molecule has 1 heteroatoms. The first-order valence-electron chi connectivity index (χ1n) is 6.38. The standard InChI is InChI=1S/C11H16O.2C2H6/c1-9(2)8-12-11-6-4-10(3)5-7-11;2*1-2/h4-7,9H,8H2,1-3H3;2*1-2H3. The highest BCUT2D eigenvalue weighted by Crippen LogP contribution is 2.12. The van der Waals surface area contributed by atoms with Gasteiger partial charge >= 0.3 is 0 Å². The summed E-state index contributed by atoms with van der Waals surface area (Å²) in [5.41, 5.74) is 1.27. The van der Waals surface area contributed by atoms with Gasteiger partial charge in [-0.25, -0.2) is 0 Å². The predicted molar refractivity (Wildman–Crippen MR) is 74.2 cm³/mol. The van der Waals surface area contributed by atoms with Crippen LogP contribution in [0.15, 0.2) is 24.3 Å². The molecule has 0 atom stereocenters. The van der Waals surface area contributed by atoms with E-state index < -0.39 is 0 Å². The molecule has 0 N–H and O–H groups in total. The summed E-state index contributed by atoms with van der Waals surface area (Å²) < 4.78 is 5.52. The van der Waals surface area contributed by atoms with Gasteiger partial charge in [-0.3, -0.25) is 0 Å². The van der Waals surface area contributed by atoms with Crippen molar-refractivity contribution >= 4 is 0 Å². The Morgan fingerprint density at radius 2 is 1.38 bits per heavy atom. The second-order valence-electron chi connectivity index (χ2n) is 3.52. The van der Waals surface area contributed by atoms with Crippen molar-refractivity contribution in [3.05, 3.63) is 29.8 Å². The minimum absolute atomic E-state index is 0.589. The zero-order valence-corrected chi connectivity index (χ0v) is 12.0. The Bertz CT molecular complexity index is 224. The summed E-state index contributed by atoms with van der Waals surface area (Å²) >= 11 is 0. The maximum atomic E-state index is 5.52. The summed E-state index contributed by atoms with van der Waals surface area (Å²) in [5.74, 6) is 1.56. The number of benzene rings is 1. The van der Waals surface area contributed by atoms with Crippen LogP contribution >= 0.6 is 0 Å². The zero-order valence-electron chi connectivity index (χ0n) is 12.0. The molecule has 0 saturated carbocycles. The first-order chi connectivity index (χ1) is 7.68. The Hall–Kier alpha value is -0.980. The molecule has 0 unspecified atom stereocenters. The zero-order chi connectivity index (χ0) is 13.0. The molecular weight excluding hydrogens is 196 g/mol. The summed E-state index contributed by atoms with van der Waals surface area (Å²) in [6, 6.07) is 8.15. The third kappa shape index (κ3) is 9.57. The fourth-order valence-electron chi connectivity index (χ4n) is 0.897. The molecule has 0 radical (unpaired) electrons. The summed E-state index contributed by atoms with van der Waals surface area (Å²) in [6.07, 6.45) is 0. The van der Waals surface area contributed by atoms with E-state index in [1.54, 1.807) is 0 Å². The highest BCUT2D eigenvalue weighted by Gasteiger charge is 1.95. The normalized spacial score (nSPS) is 8.50. The van der Waals surface area contributed by atoms with Crippen molar-refractivity contribution in [1.82, 2.24) is 0 Å². The molecule has 0 aliphatic heterocycles. The molecule has 0 spiro atoms. The molecule has 1 nitrogen and oxygen atoms in total. The molecule has 1 aromatic carbocycles. The first-order valence-corrected chi connectivity index (χ1v) is 6.38. The molecule has 94 valence electrons. The van der Waals surface area contributed by atoms with Crippen molar-refractivity contribution < 1.29 is 4.74 Å². The van der Waals surface area contributed by atoms with Gasteiger partial charge in [-0.15, -0.1) is 0 Å². The topological polar surface area (TPSA) is 9.23 Å². The van der Waals surface area contributed by atoms with Crippen LogP contribution in [0.3, 0.4) is 0 Å². The molecule has 0 aromatic heterocycles. The van der Waals surface area contributed by atoms with Crippen molar-refractivity contribution in [3.8, 4) is 5.75 Å². The Balaban J connectivity index is 0. The molecule has 0 heterocycles. The van der Waals surface area contributed by atoms with E-state index in [0.29, 0.717) is 5.92 Å². The average Bonchev–Trinajstić information content (AvgIpc) is 2.33. The van der Waals surface area contributed by atoms with E-state index in [9.17, 15) is 0 Å². The van der Waals surface area contributed by atoms with Crippen LogP contribution in [0, 0.1) is 12.8 Å². The van der Waals surface area contributed by atoms with Crippen LogP contribution in [0.2, 0.25) is 0 Å². The van der Waals surface area contributed by atoms with Gasteiger partial charge in [0.05, 0.1) is 6.61 Å². The number of hydrogen-bond acceptors (Lipinski definition) is 1. The molecule has 1 aromatic rings. The summed E-state index contributed by atoms with van der Waals surface area (Å²) in [7, 11) is 0. The lowest BCUT2D eigenvalue weighted by Gasteiger charge is -2.08. The first kappa shape index (κ1) is 17.4. The Morgan fingerprint density at radius 1 is 0.938 bits per heavy atom. The average molecular weight is 224 g/mol. The van der Waals surface area contributed by atoms with Crippen LogP contribution in [-0.2, 0) is 0 Å². The van der Waals surface area contributed by atoms with Crippen molar-refractivity contribution in [2.75, 3.05) is 6.61 Å². The maximum absolute atomic E-state index is 5.52. The van der Waals surface area contributed by atoms with Gasteiger partial charge in [-0.2, -0.15) is 0 Å². The third-order valence-electron chi connectivity index (χ3n) is 1.60. The maximum Gasteiger partial charge on any atom is 0.119 e. The van der Waals surface area contributed by atoms with Gasteiger partial charge < -0.3 is 4.74 Å². The minimum atomic E-state index is 0.589. The monoisotopic (exact) mass is 224 g/mol. The van der Waals surface area contributed by atoms with E-state index >= 15 is 0 Å². The number of aryl methyl sites for hydroxylation is 1. The van der Waals surface area contributed by atoms with Crippen molar-refractivity contribution in [1.29, 1.82) is 0 Å². The van der Waals surface area contributed by atoms with Gasteiger partial charge in [0, 0.05) is 0 Å². The van der Waals surface area contributed by atoms with Gasteiger partial charge in [-0.05, 0) is 25.0 Å². The number of ether oxygens (including phenoxy) is 1. The van der Waals surface area contributed by atoms with Gasteiger partial charge in [0.15, 0.2) is 0 Å². The van der Waals surface area contributed by atoms with Gasteiger partial charge in [0.2, 0.25) is 0 Å². The van der Waals surface area contributed by atoms with E-state index in [4.69, 9.17) is 4.74 Å². The fourth-order valence-corrected chi connectivity index (χ4v) is 0.897. The molecule has 0 fully saturated rings. The predicted octanol–water partition coefficient (Wildman–Crippen LogP) is 5.08. The molecule has 1 rings (SSSR count). The van der Waals surface area contributed by atoms with Crippen LogP contribution in [0.5, 0.6) is 5.75 Å². The minimum Gasteiger partial charge on any atom is -0.493 e. The second kappa shape index (κ2) is 12.1. The summed E-state index contributed by atoms with van der Waals surface area (Å²) in [5, 5.41) is 0. The van der Waals surface area contributed by atoms with Crippen LogP contribution in [0.4, 0.5) is 0 Å². The van der Waals surface area contributed by atoms with E-state index in [-0.39, 0.29) is 0 Å². The van der Waals surface area contributed by atoms with Gasteiger partial charge in [0.1, 0.15) is 5.75 Å². The van der Waals surface area contributed by atoms with Crippen molar-refractivity contribution in [2.24, 2.45) is 5.92 Å². The smallest absolute Gasteiger partial charge is 0.119 e. The third-order valence-corrected chi connectivity index (χ3v) is 1.60. The van der Waals surface area contributed by atoms with Crippen molar-refractivity contribution in [2.45, 2.75) is 48.5 Å². The second-order valence-corrected chi connectivity index (χ2v) is 3.52. The lowest BCUT2D eigenvalue weighted by atomic mass is 10.2. The fraction of sp³-hybridized carbons (Fsp3) is 0.600. The largest absolute Gasteiger partial charge is 0.493 e. The van der Waals surface area contributed by atoms with E-state index in [2.05, 4.69) is 32.9 Å². The van der Waals surface area contributed by atoms with Gasteiger partial charge in [-0.1, -0.05) is 59.2 Å². The Kier molecular flexibility index (Phi) is 13.2. The van der Waals surface area contributed by atoms with Crippen LogP contribution < -0.4 is 4.74 Å². The van der Waals surface area contributed by atoms with E-state index in [1.165, 1.54) is 5.56 Å².